The van der Waals surface area contributed by atoms with E-state index in [1.54, 1.807) is 0 Å². The van der Waals surface area contributed by atoms with Gasteiger partial charge >= 0.3 is 0 Å². The van der Waals surface area contributed by atoms with E-state index in [4.69, 9.17) is 5.26 Å². The molecule has 0 radical (unpaired) electrons. The van der Waals surface area contributed by atoms with Gasteiger partial charge in [0.25, 0.3) is 0 Å². The average Bonchev–Trinajstić information content (AvgIpc) is 1.89. The second-order valence-electron chi connectivity index (χ2n) is 1.94. The van der Waals surface area contributed by atoms with Crippen molar-refractivity contribution in [3.8, 4) is 0 Å². The first-order chi connectivity index (χ1) is 4.31. The highest BCUT2D eigenvalue weighted by Crippen LogP contribution is 2.11. The molecule has 4 heteroatoms. The maximum absolute atomic E-state index is 7.71. The Hall–Kier alpha value is 0.230. The highest BCUT2D eigenvalue weighted by Gasteiger charge is 1.98. The molecule has 1 unspecified atom stereocenters. The quantitative estimate of drug-likeness (QED) is 0.283. The summed E-state index contributed by atoms with van der Waals surface area (Å²) in [4.78, 5) is 0. The molecule has 3 nitrogen and oxygen atoms in total. The molecule has 56 valence electrons. The summed E-state index contributed by atoms with van der Waals surface area (Å²) in [5.74, 6) is 1.45. The van der Waals surface area contributed by atoms with E-state index in [1.165, 1.54) is 0 Å². The van der Waals surface area contributed by atoms with Crippen molar-refractivity contribution in [2.45, 2.75) is 20.3 Å². The lowest BCUT2D eigenvalue weighted by Gasteiger charge is -2.03. The Kier molecular flexibility index (Phi) is 6.51. The van der Waals surface area contributed by atoms with Crippen molar-refractivity contribution in [1.29, 1.82) is 0 Å². The van der Waals surface area contributed by atoms with E-state index in [0.29, 0.717) is 5.92 Å². The summed E-state index contributed by atoms with van der Waals surface area (Å²) in [7, 11) is 0. The van der Waals surface area contributed by atoms with E-state index < -0.39 is 0 Å². The molecule has 0 bridgehead atoms. The summed E-state index contributed by atoms with van der Waals surface area (Å²) in [5.41, 5.74) is 0. The van der Waals surface area contributed by atoms with Crippen molar-refractivity contribution in [3.05, 3.63) is 0 Å². The fourth-order valence-corrected chi connectivity index (χ4v) is 0.850. The zero-order valence-corrected chi connectivity index (χ0v) is 6.48. The van der Waals surface area contributed by atoms with E-state index in [2.05, 4.69) is 23.2 Å². The Balaban J connectivity index is 2.88. The topological polar surface area (TPSA) is 38.7 Å². The molecule has 0 aromatic rings. The molecule has 9 heavy (non-hydrogen) atoms. The molecule has 0 saturated carbocycles. The van der Waals surface area contributed by atoms with Crippen molar-refractivity contribution in [2.75, 3.05) is 5.75 Å². The third-order valence-corrected chi connectivity index (χ3v) is 1.99. The summed E-state index contributed by atoms with van der Waals surface area (Å²) in [6, 6.07) is 0. The monoisotopic (exact) mass is 152 g/mol. The molecule has 0 aliphatic carbocycles. The number of rotatable bonds is 5. The van der Waals surface area contributed by atoms with Crippen LogP contribution in [0.1, 0.15) is 20.3 Å². The van der Waals surface area contributed by atoms with Gasteiger partial charge in [0.05, 0.1) is 0 Å². The minimum Gasteiger partial charge on any atom is -0.220 e. The van der Waals surface area contributed by atoms with E-state index >= 15 is 0 Å². The van der Waals surface area contributed by atoms with Crippen LogP contribution in [0.4, 0.5) is 0 Å². The van der Waals surface area contributed by atoms with E-state index in [1.807, 2.05) is 0 Å². The molecule has 1 N–H and O–H groups in total. The molecule has 0 fully saturated rings. The van der Waals surface area contributed by atoms with Gasteiger partial charge in [0.1, 0.15) is 0 Å². The molecule has 0 aliphatic rings. The van der Waals surface area contributed by atoms with Gasteiger partial charge in [-0.05, 0) is 5.92 Å². The van der Waals surface area contributed by atoms with Crippen molar-refractivity contribution in [2.24, 2.45) is 5.92 Å². The van der Waals surface area contributed by atoms with Crippen LogP contribution < -0.4 is 0 Å². The minimum atomic E-state index is 0.602. The highest BCUT2D eigenvalue weighted by molar-refractivity contribution is 7.94. The normalized spacial score (nSPS) is 13.7. The molecule has 0 saturated heterocycles. The van der Waals surface area contributed by atoms with Crippen LogP contribution >= 0.6 is 12.0 Å². The molecule has 0 spiro atoms. The lowest BCUT2D eigenvalue weighted by molar-refractivity contribution is -0.432. The van der Waals surface area contributed by atoms with Crippen LogP contribution in [0, 0.1) is 5.92 Å². The molecule has 0 aromatic carbocycles. The lowest BCUT2D eigenvalue weighted by Crippen LogP contribution is -1.95. The summed E-state index contributed by atoms with van der Waals surface area (Å²) >= 11 is 1.11. The second-order valence-corrected chi connectivity index (χ2v) is 2.65. The first kappa shape index (κ1) is 9.23. The first-order valence-electron chi connectivity index (χ1n) is 2.91. The number of hydrogen-bond acceptors (Lipinski definition) is 4. The van der Waals surface area contributed by atoms with Crippen molar-refractivity contribution in [3.63, 3.8) is 0 Å². The number of hydrogen-bond donors (Lipinski definition) is 1. The van der Waals surface area contributed by atoms with Gasteiger partial charge in [0, 0.05) is 17.8 Å². The molecule has 0 aromatic heterocycles. The third kappa shape index (κ3) is 6.11. The molecular weight excluding hydrogens is 140 g/mol. The lowest BCUT2D eigenvalue weighted by atomic mass is 10.2. The molecule has 0 amide bonds. The van der Waals surface area contributed by atoms with Crippen LogP contribution in [0.2, 0.25) is 0 Å². The Morgan fingerprint density at radius 2 is 2.33 bits per heavy atom. The van der Waals surface area contributed by atoms with Crippen molar-refractivity contribution < 1.29 is 14.6 Å². The van der Waals surface area contributed by atoms with Crippen LogP contribution in [-0.2, 0) is 9.37 Å². The Labute approximate surface area is 59.4 Å². The zero-order valence-electron chi connectivity index (χ0n) is 5.66. The van der Waals surface area contributed by atoms with Gasteiger partial charge in [0.15, 0.2) is 0 Å². The predicted octanol–water partition coefficient (Wildman–Crippen LogP) is 2.10. The SMILES string of the molecule is CCC(C)CSOOO. The largest absolute Gasteiger partial charge is 0.220 e. The molecular formula is C5H12O3S. The van der Waals surface area contributed by atoms with Crippen LogP contribution in [-0.4, -0.2) is 11.0 Å². The molecule has 0 heterocycles. The third-order valence-electron chi connectivity index (χ3n) is 1.13. The Morgan fingerprint density at radius 1 is 1.67 bits per heavy atom. The van der Waals surface area contributed by atoms with Gasteiger partial charge in [-0.1, -0.05) is 25.3 Å². The van der Waals surface area contributed by atoms with E-state index in [0.717, 1.165) is 24.2 Å². The average molecular weight is 152 g/mol. The molecule has 0 aliphatic heterocycles. The van der Waals surface area contributed by atoms with Gasteiger partial charge in [-0.15, -0.1) is 4.33 Å². The van der Waals surface area contributed by atoms with Gasteiger partial charge in [0.2, 0.25) is 0 Å². The minimum absolute atomic E-state index is 0.602. The molecule has 1 atom stereocenters. The maximum Gasteiger partial charge on any atom is 0.0348 e. The fraction of sp³-hybridized carbons (Fsp3) is 1.00. The predicted molar refractivity (Wildman–Crippen MR) is 36.7 cm³/mol. The Morgan fingerprint density at radius 3 is 2.78 bits per heavy atom. The van der Waals surface area contributed by atoms with Gasteiger partial charge in [-0.2, -0.15) is 0 Å². The summed E-state index contributed by atoms with van der Waals surface area (Å²) in [5, 5.41) is 11.1. The van der Waals surface area contributed by atoms with Crippen LogP contribution in [0.5, 0.6) is 0 Å². The summed E-state index contributed by atoms with van der Waals surface area (Å²) in [6.07, 6.45) is 1.11. The molecule has 0 rings (SSSR count). The second kappa shape index (κ2) is 6.35. The Bertz CT molecular complexity index is 60.2. The van der Waals surface area contributed by atoms with Crippen LogP contribution in [0.3, 0.4) is 0 Å². The maximum atomic E-state index is 7.71. The highest BCUT2D eigenvalue weighted by atomic mass is 32.2. The van der Waals surface area contributed by atoms with Gasteiger partial charge < -0.3 is 0 Å². The smallest absolute Gasteiger partial charge is 0.0348 e. The van der Waals surface area contributed by atoms with E-state index in [9.17, 15) is 0 Å². The standard InChI is InChI=1S/C5H12O3S/c1-3-5(2)4-9-8-7-6/h5-6H,3-4H2,1-2H3. The van der Waals surface area contributed by atoms with Crippen LogP contribution in [0.25, 0.3) is 0 Å². The zero-order chi connectivity index (χ0) is 7.11. The van der Waals surface area contributed by atoms with E-state index in [-0.39, 0.29) is 0 Å². The first-order valence-corrected chi connectivity index (χ1v) is 3.82. The summed E-state index contributed by atoms with van der Waals surface area (Å²) < 4.78 is 4.18. The van der Waals surface area contributed by atoms with Gasteiger partial charge in [-0.25, -0.2) is 5.26 Å². The van der Waals surface area contributed by atoms with Crippen molar-refractivity contribution >= 4 is 12.0 Å². The van der Waals surface area contributed by atoms with Crippen LogP contribution in [0.15, 0.2) is 0 Å². The van der Waals surface area contributed by atoms with Gasteiger partial charge in [-0.3, -0.25) is 0 Å². The van der Waals surface area contributed by atoms with Crippen molar-refractivity contribution in [1.82, 2.24) is 0 Å². The summed E-state index contributed by atoms with van der Waals surface area (Å²) in [6.45, 7) is 4.21. The fourth-order valence-electron chi connectivity index (χ4n) is 0.283.